The quantitative estimate of drug-likeness (QED) is 0.701. The average molecular weight is 378 g/mol. The third-order valence-electron chi connectivity index (χ3n) is 5.40. The van der Waals surface area contributed by atoms with Crippen molar-refractivity contribution in [1.29, 1.82) is 0 Å². The Kier molecular flexibility index (Phi) is 5.60. The first-order chi connectivity index (χ1) is 13.7. The van der Waals surface area contributed by atoms with Gasteiger partial charge in [0, 0.05) is 36.1 Å². The lowest BCUT2D eigenvalue weighted by Gasteiger charge is -2.27. The molecule has 5 heteroatoms. The van der Waals surface area contributed by atoms with Crippen molar-refractivity contribution in [1.82, 2.24) is 4.98 Å². The molecule has 5 nitrogen and oxygen atoms in total. The first kappa shape index (κ1) is 18.5. The van der Waals surface area contributed by atoms with E-state index in [4.69, 9.17) is 9.47 Å². The molecule has 1 saturated carbocycles. The smallest absolute Gasteiger partial charge is 0.163 e. The van der Waals surface area contributed by atoms with Crippen LogP contribution in [0.1, 0.15) is 44.2 Å². The number of hydrogen-bond donors (Lipinski definition) is 0. The molecule has 0 spiro atoms. The minimum Gasteiger partial charge on any atom is -0.493 e. The van der Waals surface area contributed by atoms with E-state index in [2.05, 4.69) is 9.88 Å². The zero-order valence-electron chi connectivity index (χ0n) is 16.3. The fourth-order valence-corrected chi connectivity index (χ4v) is 3.92. The second kappa shape index (κ2) is 8.46. The van der Waals surface area contributed by atoms with Crippen LogP contribution in [0.5, 0.6) is 11.5 Å². The highest BCUT2D eigenvalue weighted by Crippen LogP contribution is 2.37. The van der Waals surface area contributed by atoms with Crippen LogP contribution in [0.25, 0.3) is 0 Å². The summed E-state index contributed by atoms with van der Waals surface area (Å²) in [4.78, 5) is 18.5. The van der Waals surface area contributed by atoms with Gasteiger partial charge in [-0.05, 0) is 56.4 Å². The van der Waals surface area contributed by atoms with Crippen LogP contribution in [0.4, 0.5) is 5.69 Å². The number of carbonyl (C=O) groups is 1. The van der Waals surface area contributed by atoms with E-state index in [9.17, 15) is 4.79 Å². The normalized spacial score (nSPS) is 16.9. The Morgan fingerprint density at radius 1 is 1.11 bits per heavy atom. The van der Waals surface area contributed by atoms with Crippen molar-refractivity contribution < 1.29 is 14.3 Å². The molecule has 0 N–H and O–H groups in total. The molecular weight excluding hydrogens is 352 g/mol. The average Bonchev–Trinajstić information content (AvgIpc) is 3.39. The minimum absolute atomic E-state index is 0.178. The summed E-state index contributed by atoms with van der Waals surface area (Å²) in [6.07, 6.45) is 9.72. The Morgan fingerprint density at radius 3 is 2.64 bits per heavy atom. The van der Waals surface area contributed by atoms with Crippen molar-refractivity contribution >= 4 is 11.5 Å². The molecule has 1 heterocycles. The van der Waals surface area contributed by atoms with E-state index in [1.54, 1.807) is 19.4 Å². The summed E-state index contributed by atoms with van der Waals surface area (Å²) in [5, 5.41) is 0. The van der Waals surface area contributed by atoms with E-state index in [-0.39, 0.29) is 11.9 Å². The molecule has 0 radical (unpaired) electrons. The molecule has 0 saturated heterocycles. The second-order valence-corrected chi connectivity index (χ2v) is 7.37. The number of pyridine rings is 1. The number of carbonyl (C=O) groups excluding carboxylic acids is 1. The number of ether oxygens (including phenoxy) is 2. The number of rotatable bonds is 7. The molecule has 0 atom stereocenters. The van der Waals surface area contributed by atoms with Crippen LogP contribution < -0.4 is 14.4 Å². The topological polar surface area (TPSA) is 51.7 Å². The summed E-state index contributed by atoms with van der Waals surface area (Å²) in [6.45, 7) is 0.606. The molecule has 146 valence electrons. The van der Waals surface area contributed by atoms with Gasteiger partial charge in [-0.2, -0.15) is 0 Å². The van der Waals surface area contributed by atoms with Gasteiger partial charge in [0.1, 0.15) is 0 Å². The Labute approximate surface area is 166 Å². The Hall–Kier alpha value is -2.82. The monoisotopic (exact) mass is 378 g/mol. The van der Waals surface area contributed by atoms with Crippen LogP contribution in [0, 0.1) is 0 Å². The highest BCUT2D eigenvalue weighted by atomic mass is 16.5. The summed E-state index contributed by atoms with van der Waals surface area (Å²) < 4.78 is 11.8. The van der Waals surface area contributed by atoms with Crippen LogP contribution in [0.3, 0.4) is 0 Å². The summed E-state index contributed by atoms with van der Waals surface area (Å²) in [7, 11) is 1.67. The fourth-order valence-electron chi connectivity index (χ4n) is 3.92. The van der Waals surface area contributed by atoms with Crippen LogP contribution in [0.2, 0.25) is 0 Å². The second-order valence-electron chi connectivity index (χ2n) is 7.37. The number of allylic oxidation sites excluding steroid dienone is 2. The molecule has 1 aromatic heterocycles. The van der Waals surface area contributed by atoms with Gasteiger partial charge >= 0.3 is 0 Å². The molecule has 28 heavy (non-hydrogen) atoms. The Morgan fingerprint density at radius 2 is 1.96 bits per heavy atom. The number of nitrogens with zero attached hydrogens (tertiary/aromatic N) is 2. The summed E-state index contributed by atoms with van der Waals surface area (Å²) in [5.41, 5.74) is 2.96. The minimum atomic E-state index is 0.178. The van der Waals surface area contributed by atoms with Crippen LogP contribution in [-0.4, -0.2) is 24.0 Å². The molecule has 2 aromatic rings. The molecule has 0 bridgehead atoms. The van der Waals surface area contributed by atoms with Gasteiger partial charge in [-0.3, -0.25) is 9.78 Å². The van der Waals surface area contributed by atoms with Crippen molar-refractivity contribution in [3.63, 3.8) is 0 Å². The number of anilines is 1. The van der Waals surface area contributed by atoms with Gasteiger partial charge in [0.05, 0.1) is 25.5 Å². The molecule has 1 fully saturated rings. The predicted octanol–water partition coefficient (Wildman–Crippen LogP) is 4.67. The van der Waals surface area contributed by atoms with E-state index in [1.807, 2.05) is 36.4 Å². The van der Waals surface area contributed by atoms with Gasteiger partial charge in [0.25, 0.3) is 0 Å². The van der Waals surface area contributed by atoms with E-state index in [0.717, 1.165) is 47.8 Å². The van der Waals surface area contributed by atoms with E-state index in [0.29, 0.717) is 13.0 Å². The summed E-state index contributed by atoms with van der Waals surface area (Å²) >= 11 is 0. The number of hydrogen-bond acceptors (Lipinski definition) is 5. The Balaban J connectivity index is 1.66. The molecular formula is C23H26N2O3. The highest BCUT2D eigenvalue weighted by Gasteiger charge is 2.23. The van der Waals surface area contributed by atoms with Gasteiger partial charge in [-0.25, -0.2) is 0 Å². The molecule has 4 rings (SSSR count). The van der Waals surface area contributed by atoms with Crippen molar-refractivity contribution in [3.05, 3.63) is 60.1 Å². The molecule has 2 aliphatic rings. The van der Waals surface area contributed by atoms with Gasteiger partial charge < -0.3 is 14.4 Å². The zero-order chi connectivity index (χ0) is 19.3. The summed E-state index contributed by atoms with van der Waals surface area (Å²) in [6, 6.07) is 11.9. The van der Waals surface area contributed by atoms with Gasteiger partial charge in [0.15, 0.2) is 17.3 Å². The van der Waals surface area contributed by atoms with Crippen LogP contribution >= 0.6 is 0 Å². The maximum Gasteiger partial charge on any atom is 0.163 e. The van der Waals surface area contributed by atoms with E-state index in [1.165, 1.54) is 12.8 Å². The lowest BCUT2D eigenvalue weighted by molar-refractivity contribution is -0.114. The maximum atomic E-state index is 11.9. The van der Waals surface area contributed by atoms with Crippen molar-refractivity contribution in [2.24, 2.45) is 0 Å². The standard InChI is InChI=1S/C23H26N2O3/c1-27-22-12-10-19(15-23(22)28-21-7-2-3-8-21)25(18-9-11-20(26)14-18)16-17-6-4-5-13-24-17/h4-6,10,12-15,21H,2-3,7-9,11,16H2,1H3. The van der Waals surface area contributed by atoms with Gasteiger partial charge in [-0.15, -0.1) is 0 Å². The van der Waals surface area contributed by atoms with Crippen LogP contribution in [-0.2, 0) is 11.3 Å². The largest absolute Gasteiger partial charge is 0.493 e. The molecule has 0 unspecified atom stereocenters. The van der Waals surface area contributed by atoms with Crippen LogP contribution in [0.15, 0.2) is 54.4 Å². The maximum absolute atomic E-state index is 11.9. The number of ketones is 1. The van der Waals surface area contributed by atoms with Crippen molar-refractivity contribution in [2.45, 2.75) is 51.2 Å². The van der Waals surface area contributed by atoms with Crippen molar-refractivity contribution in [2.75, 3.05) is 12.0 Å². The molecule has 1 aromatic carbocycles. The number of aromatic nitrogens is 1. The third kappa shape index (κ3) is 4.19. The molecule has 2 aliphatic carbocycles. The fraction of sp³-hybridized carbons (Fsp3) is 0.391. The molecule has 0 amide bonds. The van der Waals surface area contributed by atoms with E-state index >= 15 is 0 Å². The number of benzene rings is 1. The van der Waals surface area contributed by atoms with E-state index < -0.39 is 0 Å². The van der Waals surface area contributed by atoms with Crippen molar-refractivity contribution in [3.8, 4) is 11.5 Å². The first-order valence-electron chi connectivity index (χ1n) is 9.98. The lowest BCUT2D eigenvalue weighted by atomic mass is 10.2. The zero-order valence-corrected chi connectivity index (χ0v) is 16.3. The third-order valence-corrected chi connectivity index (χ3v) is 5.40. The van der Waals surface area contributed by atoms with Gasteiger partial charge in [-0.1, -0.05) is 6.07 Å². The molecule has 0 aliphatic heterocycles. The highest BCUT2D eigenvalue weighted by molar-refractivity contribution is 5.93. The SMILES string of the molecule is COc1ccc(N(Cc2ccccn2)C2=CC(=O)CC2)cc1OC1CCCC1. The Bertz CT molecular complexity index is 857. The number of methoxy groups -OCH3 is 1. The predicted molar refractivity (Wildman–Crippen MR) is 109 cm³/mol. The first-order valence-corrected chi connectivity index (χ1v) is 9.98. The van der Waals surface area contributed by atoms with Gasteiger partial charge in [0.2, 0.25) is 0 Å². The summed E-state index contributed by atoms with van der Waals surface area (Å²) in [5.74, 6) is 1.68. The lowest BCUT2D eigenvalue weighted by Crippen LogP contribution is -2.22.